The highest BCUT2D eigenvalue weighted by Crippen LogP contribution is 2.40. The molecule has 2 aliphatic rings. The minimum atomic E-state index is -0.158. The fraction of sp³-hybridized carbons (Fsp3) is 0.471. The summed E-state index contributed by atoms with van der Waals surface area (Å²) in [6.07, 6.45) is 7.98. The summed E-state index contributed by atoms with van der Waals surface area (Å²) >= 11 is 0. The Bertz CT molecular complexity index is 494. The number of hydrogen-bond donors (Lipinski definition) is 1. The monoisotopic (exact) mass is 270 g/mol. The number of hydrogen-bond acceptors (Lipinski definition) is 2. The molecule has 2 aliphatic heterocycles. The molecule has 2 fully saturated rings. The van der Waals surface area contributed by atoms with E-state index >= 15 is 0 Å². The van der Waals surface area contributed by atoms with Crippen molar-refractivity contribution in [2.24, 2.45) is 0 Å². The van der Waals surface area contributed by atoms with Crippen LogP contribution in [0.15, 0.2) is 36.9 Å². The predicted molar refractivity (Wildman–Crippen MR) is 81.6 cm³/mol. The molecule has 3 nitrogen and oxygen atoms in total. The zero-order chi connectivity index (χ0) is 13.9. The molecular weight excluding hydrogens is 248 g/mol. The minimum absolute atomic E-state index is 0.158. The highest BCUT2D eigenvalue weighted by atomic mass is 16.1. The third-order valence-electron chi connectivity index (χ3n) is 4.59. The van der Waals surface area contributed by atoms with Gasteiger partial charge >= 0.3 is 0 Å². The van der Waals surface area contributed by atoms with E-state index in [1.165, 1.54) is 50.3 Å². The number of anilines is 1. The van der Waals surface area contributed by atoms with Crippen LogP contribution >= 0.6 is 0 Å². The van der Waals surface area contributed by atoms with Gasteiger partial charge in [0.1, 0.15) is 0 Å². The van der Waals surface area contributed by atoms with Gasteiger partial charge in [0.25, 0.3) is 0 Å². The first-order valence-electron chi connectivity index (χ1n) is 7.57. The summed E-state index contributed by atoms with van der Waals surface area (Å²) in [5, 5.41) is 2.80. The van der Waals surface area contributed by atoms with Crippen LogP contribution in [0, 0.1) is 0 Å². The van der Waals surface area contributed by atoms with Crippen molar-refractivity contribution < 1.29 is 4.79 Å². The molecule has 1 N–H and O–H groups in total. The SMILES string of the molecule is C=CC(=O)Nc1ccc([C@@H]2CC[C@H]3CCCCN32)cc1. The molecule has 106 valence electrons. The first-order valence-corrected chi connectivity index (χ1v) is 7.57. The van der Waals surface area contributed by atoms with Gasteiger partial charge in [-0.25, -0.2) is 0 Å². The number of benzene rings is 1. The minimum Gasteiger partial charge on any atom is -0.323 e. The van der Waals surface area contributed by atoms with Crippen LogP contribution in [-0.2, 0) is 4.79 Å². The molecule has 3 rings (SSSR count). The molecule has 0 spiro atoms. The fourth-order valence-corrected chi connectivity index (χ4v) is 3.60. The number of amides is 1. The van der Waals surface area contributed by atoms with E-state index < -0.39 is 0 Å². The second kappa shape index (κ2) is 5.80. The van der Waals surface area contributed by atoms with Crippen LogP contribution < -0.4 is 5.32 Å². The highest BCUT2D eigenvalue weighted by Gasteiger charge is 2.35. The van der Waals surface area contributed by atoms with Crippen LogP contribution in [-0.4, -0.2) is 23.4 Å². The average Bonchev–Trinajstić information content (AvgIpc) is 2.92. The fourth-order valence-electron chi connectivity index (χ4n) is 3.60. The maximum atomic E-state index is 11.3. The molecule has 1 amide bonds. The lowest BCUT2D eigenvalue weighted by Gasteiger charge is -2.34. The normalized spacial score (nSPS) is 26.0. The third-order valence-corrected chi connectivity index (χ3v) is 4.59. The van der Waals surface area contributed by atoms with E-state index in [1.807, 2.05) is 12.1 Å². The van der Waals surface area contributed by atoms with Crippen molar-refractivity contribution >= 4 is 11.6 Å². The number of nitrogens with one attached hydrogen (secondary N) is 1. The van der Waals surface area contributed by atoms with Crippen LogP contribution in [0.1, 0.15) is 43.7 Å². The number of piperidine rings is 1. The highest BCUT2D eigenvalue weighted by molar-refractivity contribution is 5.98. The van der Waals surface area contributed by atoms with Crippen molar-refractivity contribution in [3.05, 3.63) is 42.5 Å². The number of nitrogens with zero attached hydrogens (tertiary/aromatic N) is 1. The summed E-state index contributed by atoms with van der Waals surface area (Å²) in [5.74, 6) is -0.158. The molecule has 2 atom stereocenters. The zero-order valence-electron chi connectivity index (χ0n) is 11.8. The van der Waals surface area contributed by atoms with Gasteiger partial charge in [-0.3, -0.25) is 9.69 Å². The number of fused-ring (bicyclic) bond motifs is 1. The average molecular weight is 270 g/mol. The molecule has 0 bridgehead atoms. The van der Waals surface area contributed by atoms with Gasteiger partial charge in [-0.05, 0) is 56.0 Å². The van der Waals surface area contributed by atoms with E-state index in [1.54, 1.807) is 0 Å². The van der Waals surface area contributed by atoms with Crippen molar-refractivity contribution in [1.29, 1.82) is 0 Å². The van der Waals surface area contributed by atoms with Crippen molar-refractivity contribution in [3.8, 4) is 0 Å². The van der Waals surface area contributed by atoms with Gasteiger partial charge in [-0.1, -0.05) is 25.1 Å². The summed E-state index contributed by atoms with van der Waals surface area (Å²) in [4.78, 5) is 14.0. The van der Waals surface area contributed by atoms with Gasteiger partial charge in [-0.15, -0.1) is 0 Å². The Morgan fingerprint density at radius 1 is 1.20 bits per heavy atom. The maximum Gasteiger partial charge on any atom is 0.247 e. The van der Waals surface area contributed by atoms with Crippen LogP contribution in [0.3, 0.4) is 0 Å². The van der Waals surface area contributed by atoms with E-state index in [2.05, 4.69) is 28.9 Å². The standard InChI is InChI=1S/C17H22N2O/c1-2-17(20)18-14-8-6-13(7-9-14)16-11-10-15-5-3-4-12-19(15)16/h2,6-9,15-16H,1,3-5,10-12H2,(H,18,20)/t15-,16+/m1/s1. The summed E-state index contributed by atoms with van der Waals surface area (Å²) in [7, 11) is 0. The Labute approximate surface area is 120 Å². The van der Waals surface area contributed by atoms with E-state index in [4.69, 9.17) is 0 Å². The van der Waals surface area contributed by atoms with Gasteiger partial charge in [0.2, 0.25) is 5.91 Å². The molecule has 0 saturated carbocycles. The summed E-state index contributed by atoms with van der Waals surface area (Å²) < 4.78 is 0. The van der Waals surface area contributed by atoms with E-state index in [0.717, 1.165) is 11.7 Å². The molecular formula is C17H22N2O. The smallest absolute Gasteiger partial charge is 0.247 e. The number of carbonyl (C=O) groups excluding carboxylic acids is 1. The molecule has 3 heteroatoms. The second-order valence-electron chi connectivity index (χ2n) is 5.80. The molecule has 2 heterocycles. The van der Waals surface area contributed by atoms with Crippen molar-refractivity contribution in [2.45, 2.75) is 44.2 Å². The molecule has 0 aliphatic carbocycles. The summed E-state index contributed by atoms with van der Waals surface area (Å²) in [6, 6.07) is 9.67. The molecule has 1 aromatic carbocycles. The topological polar surface area (TPSA) is 32.3 Å². The summed E-state index contributed by atoms with van der Waals surface area (Å²) in [6.45, 7) is 4.70. The number of rotatable bonds is 3. The second-order valence-corrected chi connectivity index (χ2v) is 5.80. The van der Waals surface area contributed by atoms with Gasteiger partial charge in [0.15, 0.2) is 0 Å². The predicted octanol–water partition coefficient (Wildman–Crippen LogP) is 3.50. The lowest BCUT2D eigenvalue weighted by Crippen LogP contribution is -2.35. The molecule has 2 saturated heterocycles. The van der Waals surface area contributed by atoms with Gasteiger partial charge in [-0.2, -0.15) is 0 Å². The molecule has 1 aromatic rings. The van der Waals surface area contributed by atoms with E-state index in [9.17, 15) is 4.79 Å². The van der Waals surface area contributed by atoms with Gasteiger partial charge < -0.3 is 5.32 Å². The molecule has 0 aromatic heterocycles. The van der Waals surface area contributed by atoms with Crippen LogP contribution in [0.4, 0.5) is 5.69 Å². The number of carbonyl (C=O) groups is 1. The van der Waals surface area contributed by atoms with Gasteiger partial charge in [0.05, 0.1) is 0 Å². The first-order chi connectivity index (χ1) is 9.78. The third kappa shape index (κ3) is 2.63. The maximum absolute atomic E-state index is 11.3. The van der Waals surface area contributed by atoms with Crippen LogP contribution in [0.5, 0.6) is 0 Å². The Kier molecular flexibility index (Phi) is 3.88. The largest absolute Gasteiger partial charge is 0.323 e. The van der Waals surface area contributed by atoms with E-state index in [-0.39, 0.29) is 5.91 Å². The van der Waals surface area contributed by atoms with Crippen molar-refractivity contribution in [3.63, 3.8) is 0 Å². The molecule has 20 heavy (non-hydrogen) atoms. The Morgan fingerprint density at radius 3 is 2.75 bits per heavy atom. The van der Waals surface area contributed by atoms with Crippen molar-refractivity contribution in [2.75, 3.05) is 11.9 Å². The van der Waals surface area contributed by atoms with E-state index in [0.29, 0.717) is 6.04 Å². The van der Waals surface area contributed by atoms with Crippen LogP contribution in [0.2, 0.25) is 0 Å². The quantitative estimate of drug-likeness (QED) is 0.853. The Morgan fingerprint density at radius 2 is 2.00 bits per heavy atom. The van der Waals surface area contributed by atoms with Gasteiger partial charge in [0, 0.05) is 17.8 Å². The first kappa shape index (κ1) is 13.4. The zero-order valence-corrected chi connectivity index (χ0v) is 11.8. The van der Waals surface area contributed by atoms with Crippen LogP contribution in [0.25, 0.3) is 0 Å². The molecule has 0 radical (unpaired) electrons. The Balaban J connectivity index is 1.71. The lowest BCUT2D eigenvalue weighted by molar-refractivity contribution is -0.111. The van der Waals surface area contributed by atoms with Crippen molar-refractivity contribution in [1.82, 2.24) is 4.90 Å². The lowest BCUT2D eigenvalue weighted by atomic mass is 10.0. The Hall–Kier alpha value is -1.61. The summed E-state index contributed by atoms with van der Waals surface area (Å²) in [5.41, 5.74) is 2.22. The molecule has 0 unspecified atom stereocenters.